The number of rotatable bonds is 2. The minimum absolute atomic E-state index is 0.00185. The number of pyridine rings is 1. The van der Waals surface area contributed by atoms with Crippen LogP contribution in [0.3, 0.4) is 0 Å². The van der Waals surface area contributed by atoms with Gasteiger partial charge in [0.1, 0.15) is 5.82 Å². The smallest absolute Gasteiger partial charge is 0.397 e. The molecule has 0 unspecified atom stereocenters. The predicted octanol–water partition coefficient (Wildman–Crippen LogP) is 3.04. The first kappa shape index (κ1) is 12.5. The number of aryl methyl sites for hydroxylation is 1. The highest BCUT2D eigenvalue weighted by molar-refractivity contribution is 5.63. The average molecular weight is 279 g/mol. The molecule has 7 heteroatoms. The van der Waals surface area contributed by atoms with Gasteiger partial charge in [0.2, 0.25) is 0 Å². The molecule has 0 saturated carbocycles. The quantitative estimate of drug-likeness (QED) is 0.884. The van der Waals surface area contributed by atoms with Crippen molar-refractivity contribution in [1.82, 2.24) is 4.98 Å². The van der Waals surface area contributed by atoms with Crippen LogP contribution in [0.2, 0.25) is 0 Å². The number of hydrogen-bond acceptors (Lipinski definition) is 5. The van der Waals surface area contributed by atoms with E-state index in [1.54, 1.807) is 12.1 Å². The second-order valence-electron chi connectivity index (χ2n) is 4.38. The molecule has 0 radical (unpaired) electrons. The molecule has 1 aliphatic heterocycles. The number of hydrogen-bond donors (Lipinski definition) is 2. The van der Waals surface area contributed by atoms with Gasteiger partial charge in [-0.2, -0.15) is 0 Å². The summed E-state index contributed by atoms with van der Waals surface area (Å²) in [4.78, 5) is 4.10. The van der Waals surface area contributed by atoms with Gasteiger partial charge in [0.15, 0.2) is 11.5 Å². The number of benzene rings is 1. The normalized spacial score (nSPS) is 15.2. The molecule has 0 saturated heterocycles. The number of alkyl halides is 2. The van der Waals surface area contributed by atoms with E-state index in [-0.39, 0.29) is 11.5 Å². The topological polar surface area (TPSA) is 69.4 Å². The molecule has 2 heterocycles. The van der Waals surface area contributed by atoms with Gasteiger partial charge in [-0.05, 0) is 30.7 Å². The van der Waals surface area contributed by atoms with Crippen molar-refractivity contribution in [2.45, 2.75) is 13.2 Å². The maximum atomic E-state index is 12.9. The second kappa shape index (κ2) is 4.22. The van der Waals surface area contributed by atoms with Crippen LogP contribution in [0, 0.1) is 6.92 Å². The van der Waals surface area contributed by atoms with E-state index >= 15 is 0 Å². The third-order valence-electron chi connectivity index (χ3n) is 2.82. The summed E-state index contributed by atoms with van der Waals surface area (Å²) in [5.41, 5.74) is 7.69. The number of nitrogen functional groups attached to an aromatic ring is 1. The molecule has 1 aromatic carbocycles. The van der Waals surface area contributed by atoms with E-state index in [9.17, 15) is 8.78 Å². The first-order valence-corrected chi connectivity index (χ1v) is 5.82. The van der Waals surface area contributed by atoms with Crippen LogP contribution in [-0.4, -0.2) is 11.3 Å². The fourth-order valence-corrected chi connectivity index (χ4v) is 1.81. The Morgan fingerprint density at radius 3 is 2.70 bits per heavy atom. The number of fused-ring (bicyclic) bond motifs is 1. The molecule has 3 rings (SSSR count). The lowest BCUT2D eigenvalue weighted by Crippen LogP contribution is -2.25. The Morgan fingerprint density at radius 2 is 1.95 bits per heavy atom. The first-order chi connectivity index (χ1) is 9.43. The largest absolute Gasteiger partial charge is 0.586 e. The van der Waals surface area contributed by atoms with Gasteiger partial charge in [-0.3, -0.25) is 0 Å². The number of ether oxygens (including phenoxy) is 2. The minimum atomic E-state index is -3.61. The van der Waals surface area contributed by atoms with Crippen LogP contribution >= 0.6 is 0 Å². The van der Waals surface area contributed by atoms with Crippen molar-refractivity contribution in [3.8, 4) is 11.5 Å². The summed E-state index contributed by atoms with van der Waals surface area (Å²) in [6.45, 7) is 1.85. The van der Waals surface area contributed by atoms with Crippen LogP contribution in [0.15, 0.2) is 30.5 Å². The van der Waals surface area contributed by atoms with Crippen molar-refractivity contribution in [3.05, 3.63) is 36.0 Å². The number of nitrogens with one attached hydrogen (secondary N) is 1. The van der Waals surface area contributed by atoms with Crippen molar-refractivity contribution in [3.63, 3.8) is 0 Å². The fraction of sp³-hybridized carbons (Fsp3) is 0.154. The number of nitrogens with zero attached hydrogens (tertiary/aromatic N) is 1. The van der Waals surface area contributed by atoms with E-state index in [2.05, 4.69) is 19.8 Å². The molecule has 1 aromatic heterocycles. The molecule has 0 bridgehead atoms. The molecular formula is C13H11F2N3O2. The third-order valence-corrected chi connectivity index (χ3v) is 2.82. The minimum Gasteiger partial charge on any atom is -0.397 e. The third kappa shape index (κ3) is 2.29. The highest BCUT2D eigenvalue weighted by Crippen LogP contribution is 2.42. The van der Waals surface area contributed by atoms with Gasteiger partial charge >= 0.3 is 6.29 Å². The maximum Gasteiger partial charge on any atom is 0.586 e. The zero-order valence-corrected chi connectivity index (χ0v) is 10.5. The lowest BCUT2D eigenvalue weighted by molar-refractivity contribution is -0.286. The molecule has 3 N–H and O–H groups in total. The molecule has 104 valence electrons. The van der Waals surface area contributed by atoms with Crippen LogP contribution in [0.1, 0.15) is 5.56 Å². The van der Waals surface area contributed by atoms with Crippen molar-refractivity contribution in [2.75, 3.05) is 11.1 Å². The van der Waals surface area contributed by atoms with Gasteiger partial charge in [-0.25, -0.2) is 4.98 Å². The molecular weight excluding hydrogens is 268 g/mol. The number of halogens is 2. The van der Waals surface area contributed by atoms with Gasteiger partial charge in [-0.1, -0.05) is 0 Å². The maximum absolute atomic E-state index is 12.9. The summed E-state index contributed by atoms with van der Waals surface area (Å²) in [6, 6.07) is 6.18. The van der Waals surface area contributed by atoms with Crippen molar-refractivity contribution in [1.29, 1.82) is 0 Å². The highest BCUT2D eigenvalue weighted by atomic mass is 19.3. The van der Waals surface area contributed by atoms with Crippen LogP contribution in [0.5, 0.6) is 11.5 Å². The summed E-state index contributed by atoms with van der Waals surface area (Å²) < 4.78 is 34.5. The fourth-order valence-electron chi connectivity index (χ4n) is 1.81. The number of aromatic nitrogens is 1. The summed E-state index contributed by atoms with van der Waals surface area (Å²) >= 11 is 0. The van der Waals surface area contributed by atoms with Gasteiger partial charge in [0.25, 0.3) is 0 Å². The first-order valence-electron chi connectivity index (χ1n) is 5.82. The zero-order chi connectivity index (χ0) is 14.3. The Hall–Kier alpha value is -2.57. The van der Waals surface area contributed by atoms with Gasteiger partial charge < -0.3 is 20.5 Å². The average Bonchev–Trinajstić information content (AvgIpc) is 2.67. The number of nitrogens with two attached hydrogens (primary N) is 1. The molecule has 0 fully saturated rings. The van der Waals surface area contributed by atoms with Crippen LogP contribution in [-0.2, 0) is 0 Å². The summed E-state index contributed by atoms with van der Waals surface area (Å²) in [5, 5.41) is 2.98. The monoisotopic (exact) mass is 279 g/mol. The van der Waals surface area contributed by atoms with Crippen LogP contribution < -0.4 is 20.5 Å². The van der Waals surface area contributed by atoms with Gasteiger partial charge in [-0.15, -0.1) is 8.78 Å². The Bertz CT molecular complexity index is 677. The van der Waals surface area contributed by atoms with E-state index in [0.717, 1.165) is 5.56 Å². The Labute approximate surface area is 113 Å². The Kier molecular flexibility index (Phi) is 2.63. The molecule has 0 aliphatic carbocycles. The Balaban J connectivity index is 1.84. The molecule has 1 aliphatic rings. The van der Waals surface area contributed by atoms with Gasteiger partial charge in [0, 0.05) is 11.8 Å². The van der Waals surface area contributed by atoms with Crippen molar-refractivity contribution >= 4 is 17.2 Å². The molecule has 0 atom stereocenters. The summed E-state index contributed by atoms with van der Waals surface area (Å²) in [6.07, 6.45) is -2.09. The summed E-state index contributed by atoms with van der Waals surface area (Å²) in [7, 11) is 0. The number of anilines is 3. The lowest BCUT2D eigenvalue weighted by atomic mass is 10.2. The van der Waals surface area contributed by atoms with E-state index in [4.69, 9.17) is 5.73 Å². The molecule has 0 spiro atoms. The van der Waals surface area contributed by atoms with Crippen LogP contribution in [0.4, 0.5) is 26.0 Å². The molecule has 5 nitrogen and oxygen atoms in total. The molecule has 20 heavy (non-hydrogen) atoms. The molecule has 2 aromatic rings. The van der Waals surface area contributed by atoms with Crippen molar-refractivity contribution < 1.29 is 18.3 Å². The SMILES string of the molecule is Cc1cc(Nc2ccc3c(c2)OC(F)(F)O3)ncc1N. The lowest BCUT2D eigenvalue weighted by Gasteiger charge is -2.08. The summed E-state index contributed by atoms with van der Waals surface area (Å²) in [5.74, 6) is 0.538. The van der Waals surface area contributed by atoms with E-state index in [0.29, 0.717) is 17.2 Å². The predicted molar refractivity (Wildman–Crippen MR) is 69.3 cm³/mol. The van der Waals surface area contributed by atoms with Crippen LogP contribution in [0.25, 0.3) is 0 Å². The second-order valence-corrected chi connectivity index (χ2v) is 4.38. The van der Waals surface area contributed by atoms with E-state index < -0.39 is 6.29 Å². The van der Waals surface area contributed by atoms with Gasteiger partial charge in [0.05, 0.1) is 11.9 Å². The Morgan fingerprint density at radius 1 is 1.20 bits per heavy atom. The molecule has 0 amide bonds. The standard InChI is InChI=1S/C13H11F2N3O2/c1-7-4-12(17-6-9(7)16)18-8-2-3-10-11(5-8)20-13(14,15)19-10/h2-6H,16H2,1H3,(H,17,18). The van der Waals surface area contributed by atoms with Crippen molar-refractivity contribution in [2.24, 2.45) is 0 Å². The zero-order valence-electron chi connectivity index (χ0n) is 10.5. The highest BCUT2D eigenvalue weighted by Gasteiger charge is 2.43. The van der Waals surface area contributed by atoms with E-state index in [1.165, 1.54) is 18.3 Å². The van der Waals surface area contributed by atoms with E-state index in [1.807, 2.05) is 6.92 Å².